The molecule has 0 N–H and O–H groups in total. The lowest BCUT2D eigenvalue weighted by molar-refractivity contribution is -0.123. The van der Waals surface area contributed by atoms with Gasteiger partial charge in [0.1, 0.15) is 5.75 Å². The first-order chi connectivity index (χ1) is 16.1. The number of nitrogens with zero attached hydrogens (tertiary/aromatic N) is 2. The van der Waals surface area contributed by atoms with E-state index in [2.05, 4.69) is 44.7 Å². The van der Waals surface area contributed by atoms with Gasteiger partial charge < -0.3 is 9.64 Å². The molecule has 4 rings (SSSR count). The molecule has 0 radical (unpaired) electrons. The highest BCUT2D eigenvalue weighted by Gasteiger charge is 2.38. The van der Waals surface area contributed by atoms with Gasteiger partial charge in [-0.15, -0.1) is 0 Å². The van der Waals surface area contributed by atoms with Crippen LogP contribution in [0.3, 0.4) is 0 Å². The quantitative estimate of drug-likeness (QED) is 0.430. The van der Waals surface area contributed by atoms with Crippen LogP contribution >= 0.6 is 11.8 Å². The maximum absolute atomic E-state index is 13.2. The molecule has 0 saturated carbocycles. The van der Waals surface area contributed by atoms with E-state index in [0.717, 1.165) is 53.6 Å². The van der Waals surface area contributed by atoms with Gasteiger partial charge in [-0.2, -0.15) is 0 Å². The highest BCUT2D eigenvalue weighted by Crippen LogP contribution is 2.46. The molecule has 5 nitrogen and oxygen atoms in total. The van der Waals surface area contributed by atoms with Gasteiger partial charge in [-0.3, -0.25) is 14.5 Å². The third-order valence-corrected chi connectivity index (χ3v) is 7.68. The number of hydrogen-bond donors (Lipinski definition) is 0. The van der Waals surface area contributed by atoms with Crippen LogP contribution < -0.4 is 9.64 Å². The highest BCUT2D eigenvalue weighted by atomic mass is 32.2. The Bertz CT molecular complexity index is 1150. The van der Waals surface area contributed by atoms with E-state index in [1.54, 1.807) is 7.11 Å². The van der Waals surface area contributed by atoms with Crippen molar-refractivity contribution in [3.05, 3.63) is 63.6 Å². The van der Waals surface area contributed by atoms with Crippen LogP contribution in [0, 0.1) is 6.92 Å². The van der Waals surface area contributed by atoms with E-state index in [1.165, 1.54) is 16.2 Å². The molecule has 0 aromatic heterocycles. The molecular weight excluding hydrogens is 444 g/mol. The molecule has 2 aliphatic heterocycles. The molecular formula is C28H34N2O3S. The van der Waals surface area contributed by atoms with E-state index < -0.39 is 0 Å². The summed E-state index contributed by atoms with van der Waals surface area (Å²) in [5, 5.41) is -0.237. The molecule has 2 aliphatic rings. The van der Waals surface area contributed by atoms with Crippen molar-refractivity contribution in [2.45, 2.75) is 65.5 Å². The first-order valence-electron chi connectivity index (χ1n) is 11.9. The average molecular weight is 479 g/mol. The molecule has 6 heteroatoms. The molecule has 1 unspecified atom stereocenters. The molecule has 1 fully saturated rings. The van der Waals surface area contributed by atoms with Gasteiger partial charge in [0.05, 0.1) is 18.6 Å². The highest BCUT2D eigenvalue weighted by molar-refractivity contribution is 8.18. The molecule has 0 bridgehead atoms. The lowest BCUT2D eigenvalue weighted by Crippen LogP contribution is -2.48. The fourth-order valence-electron chi connectivity index (χ4n) is 5.23. The summed E-state index contributed by atoms with van der Waals surface area (Å²) < 4.78 is 5.76. The molecule has 1 saturated heterocycles. The number of anilines is 1. The summed E-state index contributed by atoms with van der Waals surface area (Å²) in [5.74, 6) is 0.848. The smallest absolute Gasteiger partial charge is 0.293 e. The first kappa shape index (κ1) is 24.4. The zero-order valence-electron chi connectivity index (χ0n) is 21.0. The van der Waals surface area contributed by atoms with Crippen molar-refractivity contribution in [3.63, 3.8) is 0 Å². The minimum Gasteiger partial charge on any atom is -0.496 e. The Balaban J connectivity index is 1.68. The van der Waals surface area contributed by atoms with E-state index >= 15 is 0 Å². The summed E-state index contributed by atoms with van der Waals surface area (Å²) in [6.07, 6.45) is 3.94. The van der Waals surface area contributed by atoms with Crippen molar-refractivity contribution in [3.8, 4) is 5.75 Å². The zero-order chi connectivity index (χ0) is 24.6. The topological polar surface area (TPSA) is 49.9 Å². The molecule has 2 heterocycles. The van der Waals surface area contributed by atoms with Gasteiger partial charge in [0, 0.05) is 29.4 Å². The van der Waals surface area contributed by atoms with Gasteiger partial charge in [-0.05, 0) is 74.6 Å². The number of ether oxygens (including phenoxy) is 1. The molecule has 0 spiro atoms. The fraction of sp³-hybridized carbons (Fsp3) is 0.429. The number of carbonyl (C=O) groups excluding carboxylic acids is 2. The minimum absolute atomic E-state index is 0.0629. The van der Waals surface area contributed by atoms with Gasteiger partial charge >= 0.3 is 0 Å². The monoisotopic (exact) mass is 478 g/mol. The third-order valence-electron chi connectivity index (χ3n) is 6.77. The Hall–Kier alpha value is -2.73. The third kappa shape index (κ3) is 4.61. The molecule has 0 aliphatic carbocycles. The normalized spacial score (nSPS) is 20.8. The van der Waals surface area contributed by atoms with Crippen LogP contribution in [0.15, 0.2) is 41.3 Å². The predicted molar refractivity (Wildman–Crippen MR) is 140 cm³/mol. The lowest BCUT2D eigenvalue weighted by atomic mass is 9.79. The number of methoxy groups -OCH3 is 1. The van der Waals surface area contributed by atoms with Gasteiger partial charge in [-0.25, -0.2) is 0 Å². The van der Waals surface area contributed by atoms with Gasteiger partial charge in [0.2, 0.25) is 0 Å². The summed E-state index contributed by atoms with van der Waals surface area (Å²) in [6, 6.07) is 12.1. The Labute approximate surface area is 207 Å². The standard InChI is InChI=1S/C28H34N2O3S/c1-7-11-30-23-15-24(33-6)21(13-22(23)19(3)16-28(30,4)5)14-25-26(31)29(27(32)34-25)17-20-10-8-9-18(2)12-20/h8-10,12-15,19H,7,11,16-17H2,1-6H3/b25-14+. The van der Waals surface area contributed by atoms with Crippen LogP contribution in [0.2, 0.25) is 0 Å². The van der Waals surface area contributed by atoms with Gasteiger partial charge in [0.25, 0.3) is 11.1 Å². The summed E-state index contributed by atoms with van der Waals surface area (Å²) >= 11 is 0.998. The van der Waals surface area contributed by atoms with E-state index in [9.17, 15) is 9.59 Å². The van der Waals surface area contributed by atoms with Crippen LogP contribution in [-0.4, -0.2) is 35.2 Å². The van der Waals surface area contributed by atoms with Crippen LogP contribution in [0.5, 0.6) is 5.75 Å². The number of benzene rings is 2. The van der Waals surface area contributed by atoms with Gasteiger partial charge in [-0.1, -0.05) is 43.7 Å². The largest absolute Gasteiger partial charge is 0.496 e. The van der Waals surface area contributed by atoms with Crippen molar-refractivity contribution in [2.24, 2.45) is 0 Å². The maximum Gasteiger partial charge on any atom is 0.293 e. The van der Waals surface area contributed by atoms with E-state index in [1.807, 2.05) is 37.3 Å². The van der Waals surface area contributed by atoms with Crippen molar-refractivity contribution < 1.29 is 14.3 Å². The molecule has 180 valence electrons. The Morgan fingerprint density at radius 2 is 1.97 bits per heavy atom. The Morgan fingerprint density at radius 3 is 2.65 bits per heavy atom. The maximum atomic E-state index is 13.2. The molecule has 2 amide bonds. The molecule has 2 aromatic rings. The SMILES string of the molecule is CCCN1c2cc(OC)c(/C=C3/SC(=O)N(Cc4cccc(C)c4)C3=O)cc2C(C)CC1(C)C. The van der Waals surface area contributed by atoms with Crippen LogP contribution in [0.25, 0.3) is 6.08 Å². The molecule has 34 heavy (non-hydrogen) atoms. The summed E-state index contributed by atoms with van der Waals surface area (Å²) in [4.78, 5) is 30.1. The van der Waals surface area contributed by atoms with Crippen molar-refractivity contribution >= 4 is 34.7 Å². The average Bonchev–Trinajstić information content (AvgIpc) is 3.03. The van der Waals surface area contributed by atoms with Crippen LogP contribution in [0.4, 0.5) is 10.5 Å². The second-order valence-corrected chi connectivity index (χ2v) is 11.0. The van der Waals surface area contributed by atoms with Crippen molar-refractivity contribution in [1.82, 2.24) is 4.90 Å². The van der Waals surface area contributed by atoms with E-state index in [-0.39, 0.29) is 23.2 Å². The Morgan fingerprint density at radius 1 is 1.21 bits per heavy atom. The minimum atomic E-state index is -0.252. The van der Waals surface area contributed by atoms with Crippen molar-refractivity contribution in [1.29, 1.82) is 0 Å². The molecule has 2 aromatic carbocycles. The lowest BCUT2D eigenvalue weighted by Gasteiger charge is -2.47. The predicted octanol–water partition coefficient (Wildman–Crippen LogP) is 6.74. The number of hydrogen-bond acceptors (Lipinski definition) is 5. The number of thioether (sulfide) groups is 1. The Kier molecular flexibility index (Phi) is 6.81. The van der Waals surface area contributed by atoms with E-state index in [0.29, 0.717) is 10.8 Å². The number of carbonyl (C=O) groups is 2. The number of fused-ring (bicyclic) bond motifs is 1. The number of aryl methyl sites for hydroxylation is 1. The summed E-state index contributed by atoms with van der Waals surface area (Å²) in [7, 11) is 1.66. The van der Waals surface area contributed by atoms with E-state index in [4.69, 9.17) is 4.74 Å². The summed E-state index contributed by atoms with van der Waals surface area (Å²) in [5.41, 5.74) is 5.42. The number of rotatable bonds is 6. The fourth-order valence-corrected chi connectivity index (χ4v) is 6.06. The summed E-state index contributed by atoms with van der Waals surface area (Å²) in [6.45, 7) is 12.3. The second kappa shape index (κ2) is 9.49. The van der Waals surface area contributed by atoms with Crippen LogP contribution in [0.1, 0.15) is 68.7 Å². The first-order valence-corrected chi connectivity index (χ1v) is 12.8. The second-order valence-electron chi connectivity index (χ2n) is 9.98. The number of amides is 2. The van der Waals surface area contributed by atoms with Gasteiger partial charge in [0.15, 0.2) is 0 Å². The van der Waals surface area contributed by atoms with Crippen LogP contribution in [-0.2, 0) is 11.3 Å². The number of imide groups is 1. The molecule has 1 atom stereocenters. The zero-order valence-corrected chi connectivity index (χ0v) is 21.8. The van der Waals surface area contributed by atoms with Crippen molar-refractivity contribution in [2.75, 3.05) is 18.6 Å².